The molecule has 1 aliphatic rings. The Kier molecular flexibility index (Phi) is 3.50. The Hall–Kier alpha value is -2.46. The van der Waals surface area contributed by atoms with E-state index < -0.39 is 5.41 Å². The summed E-state index contributed by atoms with van der Waals surface area (Å²) in [6, 6.07) is 13.1. The number of rotatable bonds is 4. The molecule has 1 aliphatic carbocycles. The number of fused-ring (bicyclic) bond motifs is 1. The van der Waals surface area contributed by atoms with Crippen LogP contribution in [-0.4, -0.2) is 18.0 Å². The molecule has 2 N–H and O–H groups in total. The third kappa shape index (κ3) is 2.43. The molecule has 24 heavy (non-hydrogen) atoms. The molecule has 0 radical (unpaired) electrons. The first kappa shape index (κ1) is 15.1. The molecule has 1 fully saturated rings. The number of nitrogens with one attached hydrogen (secondary N) is 2. The van der Waals surface area contributed by atoms with Gasteiger partial charge in [-0.2, -0.15) is 0 Å². The molecule has 5 heteroatoms. The number of halogens is 1. The van der Waals surface area contributed by atoms with Crippen LogP contribution >= 0.6 is 11.6 Å². The van der Waals surface area contributed by atoms with E-state index in [1.807, 2.05) is 48.7 Å². The summed E-state index contributed by atoms with van der Waals surface area (Å²) in [5.74, 6) is 0.786. The minimum Gasteiger partial charge on any atom is -0.497 e. The molecule has 4 nitrogen and oxygen atoms in total. The zero-order valence-electron chi connectivity index (χ0n) is 13.2. The molecule has 0 spiro atoms. The van der Waals surface area contributed by atoms with Gasteiger partial charge >= 0.3 is 0 Å². The Morgan fingerprint density at radius 2 is 1.96 bits per heavy atom. The number of benzene rings is 2. The van der Waals surface area contributed by atoms with Gasteiger partial charge in [-0.3, -0.25) is 4.79 Å². The van der Waals surface area contributed by atoms with E-state index in [-0.39, 0.29) is 5.91 Å². The number of aromatic amines is 1. The first-order chi connectivity index (χ1) is 11.6. The molecule has 1 amide bonds. The van der Waals surface area contributed by atoms with E-state index in [1.165, 1.54) is 0 Å². The lowest BCUT2D eigenvalue weighted by molar-refractivity contribution is -0.118. The van der Waals surface area contributed by atoms with Crippen molar-refractivity contribution in [3.63, 3.8) is 0 Å². The first-order valence-corrected chi connectivity index (χ1v) is 8.23. The minimum atomic E-state index is -0.469. The van der Waals surface area contributed by atoms with Crippen molar-refractivity contribution in [2.24, 2.45) is 0 Å². The van der Waals surface area contributed by atoms with Crippen LogP contribution in [0.4, 0.5) is 5.69 Å². The van der Waals surface area contributed by atoms with Crippen LogP contribution in [0.3, 0.4) is 0 Å². The maximum absolute atomic E-state index is 12.9. The van der Waals surface area contributed by atoms with E-state index in [9.17, 15) is 4.79 Å². The molecule has 0 bridgehead atoms. The Bertz CT molecular complexity index is 911. The average Bonchev–Trinajstić information content (AvgIpc) is 3.30. The maximum Gasteiger partial charge on any atom is 0.235 e. The molecule has 122 valence electrons. The van der Waals surface area contributed by atoms with Gasteiger partial charge in [-0.25, -0.2) is 0 Å². The van der Waals surface area contributed by atoms with Crippen molar-refractivity contribution >= 4 is 34.1 Å². The van der Waals surface area contributed by atoms with E-state index in [4.69, 9.17) is 16.3 Å². The van der Waals surface area contributed by atoms with Gasteiger partial charge in [-0.05, 0) is 60.9 Å². The topological polar surface area (TPSA) is 54.1 Å². The summed E-state index contributed by atoms with van der Waals surface area (Å²) in [6.45, 7) is 0. The van der Waals surface area contributed by atoms with Gasteiger partial charge in [0.05, 0.1) is 12.5 Å². The molecular formula is C19H17ClN2O2. The van der Waals surface area contributed by atoms with Crippen LogP contribution in [-0.2, 0) is 10.2 Å². The molecule has 3 aromatic rings. The van der Waals surface area contributed by atoms with E-state index in [0.29, 0.717) is 5.02 Å². The molecule has 0 atom stereocenters. The van der Waals surface area contributed by atoms with E-state index in [0.717, 1.165) is 40.7 Å². The molecule has 4 rings (SSSR count). The van der Waals surface area contributed by atoms with Gasteiger partial charge in [0.25, 0.3) is 0 Å². The van der Waals surface area contributed by atoms with Crippen LogP contribution in [0.15, 0.2) is 48.7 Å². The average molecular weight is 341 g/mol. The molecule has 0 aliphatic heterocycles. The number of carbonyl (C=O) groups excluding carboxylic acids is 1. The quantitative estimate of drug-likeness (QED) is 0.734. The van der Waals surface area contributed by atoms with Crippen molar-refractivity contribution in [2.45, 2.75) is 18.3 Å². The fraction of sp³-hybridized carbons (Fsp3) is 0.211. The van der Waals surface area contributed by atoms with E-state index in [1.54, 1.807) is 7.11 Å². The summed E-state index contributed by atoms with van der Waals surface area (Å²) in [5, 5.41) is 4.72. The number of amides is 1. The van der Waals surface area contributed by atoms with E-state index >= 15 is 0 Å². The maximum atomic E-state index is 12.9. The smallest absolute Gasteiger partial charge is 0.235 e. The predicted octanol–water partition coefficient (Wildman–Crippen LogP) is 4.50. The summed E-state index contributed by atoms with van der Waals surface area (Å²) < 4.78 is 5.14. The van der Waals surface area contributed by atoms with Crippen LogP contribution in [0.5, 0.6) is 5.75 Å². The zero-order chi connectivity index (χ0) is 16.7. The zero-order valence-corrected chi connectivity index (χ0v) is 14.0. The fourth-order valence-corrected chi connectivity index (χ4v) is 3.33. The first-order valence-electron chi connectivity index (χ1n) is 7.85. The lowest BCUT2D eigenvalue weighted by Gasteiger charge is -2.15. The summed E-state index contributed by atoms with van der Waals surface area (Å²) in [6.07, 6.45) is 3.62. The molecular weight excluding hydrogens is 324 g/mol. The number of ether oxygens (including phenoxy) is 1. The Morgan fingerprint density at radius 3 is 2.62 bits per heavy atom. The number of anilines is 1. The summed E-state index contributed by atoms with van der Waals surface area (Å²) in [5.41, 5.74) is 2.32. The lowest BCUT2D eigenvalue weighted by Crippen LogP contribution is -2.27. The summed E-state index contributed by atoms with van der Waals surface area (Å²) in [4.78, 5) is 16.1. The number of methoxy groups -OCH3 is 1. The second-order valence-electron chi connectivity index (χ2n) is 6.16. The fourth-order valence-electron chi connectivity index (χ4n) is 3.16. The highest BCUT2D eigenvalue weighted by atomic mass is 35.5. The van der Waals surface area contributed by atoms with Gasteiger partial charge < -0.3 is 15.0 Å². The monoisotopic (exact) mass is 340 g/mol. The van der Waals surface area contributed by atoms with Crippen molar-refractivity contribution in [2.75, 3.05) is 12.4 Å². The standard InChI is InChI=1S/C19H17ClN2O2/c1-24-14-5-3-13(4-6-14)22-18(23)19(8-9-19)16-11-21-17-7-2-12(20)10-15(16)17/h2-7,10-11,21H,8-9H2,1H3,(H,22,23). The molecule has 1 saturated carbocycles. The predicted molar refractivity (Wildman–Crippen MR) is 95.8 cm³/mol. The summed E-state index contributed by atoms with van der Waals surface area (Å²) >= 11 is 6.13. The third-order valence-corrected chi connectivity index (χ3v) is 4.93. The number of aromatic nitrogens is 1. The van der Waals surface area contributed by atoms with Crippen molar-refractivity contribution < 1.29 is 9.53 Å². The molecule has 0 unspecified atom stereocenters. The second-order valence-corrected chi connectivity index (χ2v) is 6.59. The Labute approximate surface area is 144 Å². The van der Waals surface area contributed by atoms with Crippen LogP contribution in [0, 0.1) is 0 Å². The lowest BCUT2D eigenvalue weighted by atomic mass is 9.94. The normalized spacial score (nSPS) is 15.2. The van der Waals surface area contributed by atoms with Gasteiger partial charge in [0.2, 0.25) is 5.91 Å². The van der Waals surface area contributed by atoms with Crippen molar-refractivity contribution in [3.05, 3.63) is 59.2 Å². The van der Waals surface area contributed by atoms with Crippen molar-refractivity contribution in [3.8, 4) is 5.75 Å². The third-order valence-electron chi connectivity index (χ3n) is 4.69. The largest absolute Gasteiger partial charge is 0.497 e. The molecule has 1 aromatic heterocycles. The van der Waals surface area contributed by atoms with E-state index in [2.05, 4.69) is 10.3 Å². The number of hydrogen-bond acceptors (Lipinski definition) is 2. The van der Waals surface area contributed by atoms with Gasteiger partial charge in [-0.1, -0.05) is 11.6 Å². The highest BCUT2D eigenvalue weighted by Crippen LogP contribution is 2.51. The number of hydrogen-bond donors (Lipinski definition) is 2. The van der Waals surface area contributed by atoms with Crippen LogP contribution < -0.4 is 10.1 Å². The van der Waals surface area contributed by atoms with Crippen LogP contribution in [0.2, 0.25) is 5.02 Å². The molecule has 0 saturated heterocycles. The molecule has 2 aromatic carbocycles. The highest BCUT2D eigenvalue weighted by molar-refractivity contribution is 6.31. The van der Waals surface area contributed by atoms with Crippen molar-refractivity contribution in [1.82, 2.24) is 4.98 Å². The summed E-state index contributed by atoms with van der Waals surface area (Å²) in [7, 11) is 1.62. The highest BCUT2D eigenvalue weighted by Gasteiger charge is 2.52. The number of carbonyl (C=O) groups is 1. The van der Waals surface area contributed by atoms with Crippen LogP contribution in [0.25, 0.3) is 10.9 Å². The van der Waals surface area contributed by atoms with Gasteiger partial charge in [0, 0.05) is 27.8 Å². The minimum absolute atomic E-state index is 0.0218. The van der Waals surface area contributed by atoms with Gasteiger partial charge in [0.1, 0.15) is 5.75 Å². The number of H-pyrrole nitrogens is 1. The SMILES string of the molecule is COc1ccc(NC(=O)C2(c3c[nH]c4ccc(Cl)cc34)CC2)cc1. The van der Waals surface area contributed by atoms with Crippen molar-refractivity contribution in [1.29, 1.82) is 0 Å². The van der Waals surface area contributed by atoms with Gasteiger partial charge in [0.15, 0.2) is 0 Å². The Balaban J connectivity index is 1.64. The Morgan fingerprint density at radius 1 is 1.21 bits per heavy atom. The second kappa shape index (κ2) is 5.56. The van der Waals surface area contributed by atoms with Crippen LogP contribution in [0.1, 0.15) is 18.4 Å². The molecule has 1 heterocycles. The van der Waals surface area contributed by atoms with Gasteiger partial charge in [-0.15, -0.1) is 0 Å².